The molecule has 0 saturated carbocycles. The average Bonchev–Trinajstić information content (AvgIpc) is 2.39. The second-order valence-electron chi connectivity index (χ2n) is 5.22. The minimum atomic E-state index is -0.478. The highest BCUT2D eigenvalue weighted by Gasteiger charge is 2.21. The summed E-state index contributed by atoms with van der Waals surface area (Å²) in [5.74, 6) is 1.08. The number of nitrogens with zero attached hydrogens (tertiary/aromatic N) is 2. The fourth-order valence-corrected chi connectivity index (χ4v) is 2.52. The van der Waals surface area contributed by atoms with Crippen molar-refractivity contribution in [2.24, 2.45) is 11.7 Å². The molecule has 1 aliphatic rings. The van der Waals surface area contributed by atoms with Gasteiger partial charge in [-0.05, 0) is 43.4 Å². The van der Waals surface area contributed by atoms with Crippen molar-refractivity contribution in [1.29, 1.82) is 0 Å². The predicted octanol–water partition coefficient (Wildman–Crippen LogP) is 1.23. The van der Waals surface area contributed by atoms with Crippen molar-refractivity contribution in [2.45, 2.75) is 32.3 Å². The molecule has 0 bridgehead atoms. The standard InChI is InChI=1S/C14H21N3O2/c1-10(18)12-2-5-16-14(9-12)17-6-3-11(4-7-17)8-13(15)19/h2,5,9-11,18H,3-4,6-8H2,1H3,(H2,15,19). The Bertz CT molecular complexity index is 440. The summed E-state index contributed by atoms with van der Waals surface area (Å²) in [6.07, 6.45) is 3.66. The Morgan fingerprint density at radius 2 is 2.26 bits per heavy atom. The number of rotatable bonds is 4. The first-order valence-corrected chi connectivity index (χ1v) is 6.73. The number of hydrogen-bond donors (Lipinski definition) is 2. The monoisotopic (exact) mass is 263 g/mol. The molecular weight excluding hydrogens is 242 g/mol. The fraction of sp³-hybridized carbons (Fsp3) is 0.571. The molecule has 1 atom stereocenters. The van der Waals surface area contributed by atoms with Crippen molar-refractivity contribution in [3.8, 4) is 0 Å². The summed E-state index contributed by atoms with van der Waals surface area (Å²) in [5, 5.41) is 9.59. The molecule has 2 heterocycles. The molecule has 1 unspecified atom stereocenters. The number of carbonyl (C=O) groups is 1. The van der Waals surface area contributed by atoms with Crippen LogP contribution in [0, 0.1) is 5.92 Å². The Balaban J connectivity index is 1.97. The van der Waals surface area contributed by atoms with E-state index in [1.54, 1.807) is 13.1 Å². The molecule has 0 radical (unpaired) electrons. The molecule has 3 N–H and O–H groups in total. The number of nitrogens with two attached hydrogens (primary N) is 1. The lowest BCUT2D eigenvalue weighted by Crippen LogP contribution is -2.35. The summed E-state index contributed by atoms with van der Waals surface area (Å²) >= 11 is 0. The van der Waals surface area contributed by atoms with E-state index in [0.29, 0.717) is 12.3 Å². The van der Waals surface area contributed by atoms with Crippen LogP contribution in [0.25, 0.3) is 0 Å². The molecule has 1 aromatic rings. The van der Waals surface area contributed by atoms with Crippen molar-refractivity contribution in [3.05, 3.63) is 23.9 Å². The van der Waals surface area contributed by atoms with Crippen molar-refractivity contribution >= 4 is 11.7 Å². The second-order valence-corrected chi connectivity index (χ2v) is 5.22. The van der Waals surface area contributed by atoms with E-state index >= 15 is 0 Å². The van der Waals surface area contributed by atoms with Gasteiger partial charge in [-0.1, -0.05) is 0 Å². The number of aliphatic hydroxyl groups excluding tert-OH is 1. The van der Waals surface area contributed by atoms with E-state index in [4.69, 9.17) is 5.73 Å². The van der Waals surface area contributed by atoms with E-state index in [-0.39, 0.29) is 5.91 Å². The molecule has 1 amide bonds. The van der Waals surface area contributed by atoms with E-state index in [1.807, 2.05) is 12.1 Å². The predicted molar refractivity (Wildman–Crippen MR) is 73.6 cm³/mol. The van der Waals surface area contributed by atoms with Gasteiger partial charge in [-0.2, -0.15) is 0 Å². The second kappa shape index (κ2) is 6.02. The Morgan fingerprint density at radius 3 is 2.84 bits per heavy atom. The maximum atomic E-state index is 10.9. The summed E-state index contributed by atoms with van der Waals surface area (Å²) in [4.78, 5) is 17.5. The lowest BCUT2D eigenvalue weighted by Gasteiger charge is -2.32. The topological polar surface area (TPSA) is 79.5 Å². The van der Waals surface area contributed by atoms with Gasteiger partial charge in [0.25, 0.3) is 0 Å². The van der Waals surface area contributed by atoms with E-state index in [0.717, 1.165) is 37.3 Å². The van der Waals surface area contributed by atoms with Crippen LogP contribution >= 0.6 is 0 Å². The number of pyridine rings is 1. The quantitative estimate of drug-likeness (QED) is 0.856. The van der Waals surface area contributed by atoms with Crippen LogP contribution in [0.4, 0.5) is 5.82 Å². The van der Waals surface area contributed by atoms with Crippen LogP contribution in [0.1, 0.15) is 37.9 Å². The highest BCUT2D eigenvalue weighted by Crippen LogP contribution is 2.25. The maximum absolute atomic E-state index is 10.9. The maximum Gasteiger partial charge on any atom is 0.217 e. The van der Waals surface area contributed by atoms with Gasteiger partial charge >= 0.3 is 0 Å². The summed E-state index contributed by atoms with van der Waals surface area (Å²) in [7, 11) is 0. The fourth-order valence-electron chi connectivity index (χ4n) is 2.52. The molecule has 0 spiro atoms. The van der Waals surface area contributed by atoms with Gasteiger partial charge in [0.1, 0.15) is 5.82 Å². The number of aliphatic hydroxyl groups is 1. The van der Waals surface area contributed by atoms with Gasteiger partial charge in [-0.15, -0.1) is 0 Å². The van der Waals surface area contributed by atoms with Crippen LogP contribution < -0.4 is 10.6 Å². The molecule has 2 rings (SSSR count). The number of piperidine rings is 1. The zero-order valence-electron chi connectivity index (χ0n) is 11.2. The minimum absolute atomic E-state index is 0.215. The van der Waals surface area contributed by atoms with Gasteiger partial charge < -0.3 is 15.7 Å². The number of hydrogen-bond acceptors (Lipinski definition) is 4. The van der Waals surface area contributed by atoms with Crippen LogP contribution in [0.2, 0.25) is 0 Å². The van der Waals surface area contributed by atoms with Crippen molar-refractivity contribution < 1.29 is 9.90 Å². The summed E-state index contributed by atoms with van der Waals surface area (Å²) in [6, 6.07) is 3.76. The molecule has 1 saturated heterocycles. The van der Waals surface area contributed by atoms with Crippen LogP contribution in [0.3, 0.4) is 0 Å². The first-order valence-electron chi connectivity index (χ1n) is 6.73. The summed E-state index contributed by atoms with van der Waals surface area (Å²) in [6.45, 7) is 3.51. The molecule has 5 nitrogen and oxygen atoms in total. The Morgan fingerprint density at radius 1 is 1.58 bits per heavy atom. The smallest absolute Gasteiger partial charge is 0.217 e. The van der Waals surface area contributed by atoms with Crippen LogP contribution in [0.15, 0.2) is 18.3 Å². The lowest BCUT2D eigenvalue weighted by molar-refractivity contribution is -0.119. The molecule has 0 aliphatic carbocycles. The molecular formula is C14H21N3O2. The van der Waals surface area contributed by atoms with Crippen molar-refractivity contribution in [3.63, 3.8) is 0 Å². The van der Waals surface area contributed by atoms with E-state index in [1.165, 1.54) is 0 Å². The largest absolute Gasteiger partial charge is 0.389 e. The van der Waals surface area contributed by atoms with Crippen LogP contribution in [-0.2, 0) is 4.79 Å². The highest BCUT2D eigenvalue weighted by atomic mass is 16.3. The lowest BCUT2D eigenvalue weighted by atomic mass is 9.93. The van der Waals surface area contributed by atoms with Gasteiger partial charge in [0.15, 0.2) is 0 Å². The first-order chi connectivity index (χ1) is 9.06. The van der Waals surface area contributed by atoms with Gasteiger partial charge in [0.2, 0.25) is 5.91 Å². The van der Waals surface area contributed by atoms with Gasteiger partial charge in [-0.3, -0.25) is 4.79 Å². The molecule has 1 aliphatic heterocycles. The molecule has 5 heteroatoms. The Kier molecular flexibility index (Phi) is 4.37. The number of anilines is 1. The Labute approximate surface area is 113 Å². The number of amides is 1. The Hall–Kier alpha value is -1.62. The minimum Gasteiger partial charge on any atom is -0.389 e. The summed E-state index contributed by atoms with van der Waals surface area (Å²) in [5.41, 5.74) is 6.11. The van der Waals surface area contributed by atoms with Crippen LogP contribution in [-0.4, -0.2) is 29.1 Å². The first kappa shape index (κ1) is 13.8. The van der Waals surface area contributed by atoms with Crippen molar-refractivity contribution in [1.82, 2.24) is 4.98 Å². The van der Waals surface area contributed by atoms with Crippen LogP contribution in [0.5, 0.6) is 0 Å². The molecule has 19 heavy (non-hydrogen) atoms. The average molecular weight is 263 g/mol. The number of aromatic nitrogens is 1. The third-order valence-electron chi connectivity index (χ3n) is 3.68. The summed E-state index contributed by atoms with van der Waals surface area (Å²) < 4.78 is 0. The number of carbonyl (C=O) groups excluding carboxylic acids is 1. The molecule has 1 aromatic heterocycles. The molecule has 1 fully saturated rings. The zero-order valence-corrected chi connectivity index (χ0v) is 11.2. The SMILES string of the molecule is CC(O)c1ccnc(N2CCC(CC(N)=O)CC2)c1. The van der Waals surface area contributed by atoms with E-state index in [2.05, 4.69) is 9.88 Å². The third-order valence-corrected chi connectivity index (χ3v) is 3.68. The van der Waals surface area contributed by atoms with Crippen molar-refractivity contribution in [2.75, 3.05) is 18.0 Å². The third kappa shape index (κ3) is 3.67. The van der Waals surface area contributed by atoms with Gasteiger partial charge in [0.05, 0.1) is 6.10 Å². The van der Waals surface area contributed by atoms with E-state index < -0.39 is 6.10 Å². The normalized spacial score (nSPS) is 18.3. The number of primary amides is 1. The van der Waals surface area contributed by atoms with Gasteiger partial charge in [-0.25, -0.2) is 4.98 Å². The van der Waals surface area contributed by atoms with E-state index in [9.17, 15) is 9.90 Å². The van der Waals surface area contributed by atoms with Gasteiger partial charge in [0, 0.05) is 25.7 Å². The molecule has 0 aromatic carbocycles. The highest BCUT2D eigenvalue weighted by molar-refractivity contribution is 5.74. The molecule has 104 valence electrons. The zero-order chi connectivity index (χ0) is 13.8.